The van der Waals surface area contributed by atoms with Gasteiger partial charge in [0.15, 0.2) is 0 Å². The van der Waals surface area contributed by atoms with Crippen LogP contribution in [0.1, 0.15) is 60.4 Å². The zero-order valence-electron chi connectivity index (χ0n) is 13.1. The Bertz CT molecular complexity index is 581. The number of hydrogen-bond donors (Lipinski definition) is 1. The van der Waals surface area contributed by atoms with E-state index in [-0.39, 0.29) is 6.04 Å². The third-order valence-corrected chi connectivity index (χ3v) is 4.83. The second-order valence-electron chi connectivity index (χ2n) is 6.11. The average Bonchev–Trinajstić information content (AvgIpc) is 2.47. The highest BCUT2D eigenvalue weighted by Crippen LogP contribution is 2.37. The molecular weight excluding hydrogens is 254 g/mol. The quantitative estimate of drug-likeness (QED) is 0.827. The van der Waals surface area contributed by atoms with Crippen LogP contribution < -0.4 is 5.32 Å². The fraction of sp³-hybridized carbons (Fsp3) is 0.400. The van der Waals surface area contributed by atoms with Crippen molar-refractivity contribution in [2.75, 3.05) is 7.05 Å². The molecule has 1 aliphatic rings. The van der Waals surface area contributed by atoms with Crippen LogP contribution in [0, 0.1) is 0 Å². The highest BCUT2D eigenvalue weighted by molar-refractivity contribution is 5.37. The number of nitrogens with one attached hydrogen (secondary N) is 1. The van der Waals surface area contributed by atoms with Crippen LogP contribution >= 0.6 is 0 Å². The first kappa shape index (κ1) is 14.3. The normalized spacial score (nSPS) is 16.5. The van der Waals surface area contributed by atoms with E-state index in [0.29, 0.717) is 0 Å². The molecule has 0 amide bonds. The topological polar surface area (TPSA) is 12.0 Å². The van der Waals surface area contributed by atoms with Crippen molar-refractivity contribution in [1.29, 1.82) is 0 Å². The summed E-state index contributed by atoms with van der Waals surface area (Å²) in [4.78, 5) is 0. The van der Waals surface area contributed by atoms with Crippen molar-refractivity contribution in [3.8, 4) is 0 Å². The Hall–Kier alpha value is -1.60. The predicted molar refractivity (Wildman–Crippen MR) is 89.8 cm³/mol. The van der Waals surface area contributed by atoms with Crippen LogP contribution in [0.3, 0.4) is 0 Å². The summed E-state index contributed by atoms with van der Waals surface area (Å²) in [6.07, 6.45) is 5.21. The summed E-state index contributed by atoms with van der Waals surface area (Å²) in [5, 5.41) is 3.47. The van der Waals surface area contributed by atoms with E-state index in [4.69, 9.17) is 0 Å². The Kier molecular flexibility index (Phi) is 4.40. The number of rotatable bonds is 5. The minimum Gasteiger partial charge on any atom is -0.309 e. The second kappa shape index (κ2) is 6.44. The summed E-state index contributed by atoms with van der Waals surface area (Å²) in [7, 11) is 2.05. The standard InChI is InChI=1S/C20H25N/c1-3-15-10-12-17(13-11-15)20(21-2)19-9-5-8-18(14-19)16-6-4-7-16/h5,8-14,16,20-21H,3-4,6-7H2,1-2H3. The van der Waals surface area contributed by atoms with Crippen LogP contribution in [0.5, 0.6) is 0 Å². The van der Waals surface area contributed by atoms with Crippen molar-refractivity contribution in [2.45, 2.75) is 44.6 Å². The van der Waals surface area contributed by atoms with Crippen LogP contribution in [0.2, 0.25) is 0 Å². The Balaban J connectivity index is 1.87. The van der Waals surface area contributed by atoms with Gasteiger partial charge in [-0.2, -0.15) is 0 Å². The lowest BCUT2D eigenvalue weighted by atomic mass is 9.79. The van der Waals surface area contributed by atoms with Crippen LogP contribution in [-0.2, 0) is 6.42 Å². The molecule has 1 fully saturated rings. The van der Waals surface area contributed by atoms with Gasteiger partial charge in [0.2, 0.25) is 0 Å². The molecular formula is C20H25N. The largest absolute Gasteiger partial charge is 0.309 e. The molecule has 3 rings (SSSR count). The molecule has 1 unspecified atom stereocenters. The molecule has 1 aliphatic carbocycles. The summed E-state index contributed by atoms with van der Waals surface area (Å²) < 4.78 is 0. The maximum atomic E-state index is 3.47. The van der Waals surface area contributed by atoms with E-state index in [1.54, 1.807) is 0 Å². The minimum absolute atomic E-state index is 0.288. The molecule has 0 bridgehead atoms. The smallest absolute Gasteiger partial charge is 0.0574 e. The monoisotopic (exact) mass is 279 g/mol. The van der Waals surface area contributed by atoms with E-state index in [9.17, 15) is 0 Å². The van der Waals surface area contributed by atoms with Crippen LogP contribution in [0.15, 0.2) is 48.5 Å². The van der Waals surface area contributed by atoms with Crippen LogP contribution in [0.4, 0.5) is 0 Å². The van der Waals surface area contributed by atoms with Crippen molar-refractivity contribution < 1.29 is 0 Å². The zero-order chi connectivity index (χ0) is 14.7. The van der Waals surface area contributed by atoms with E-state index in [1.165, 1.54) is 41.5 Å². The van der Waals surface area contributed by atoms with E-state index in [0.717, 1.165) is 12.3 Å². The van der Waals surface area contributed by atoms with Crippen molar-refractivity contribution in [2.24, 2.45) is 0 Å². The van der Waals surface area contributed by atoms with Crippen molar-refractivity contribution in [3.63, 3.8) is 0 Å². The molecule has 110 valence electrons. The van der Waals surface area contributed by atoms with Gasteiger partial charge in [0.1, 0.15) is 0 Å². The van der Waals surface area contributed by atoms with Gasteiger partial charge in [-0.25, -0.2) is 0 Å². The first-order valence-electron chi connectivity index (χ1n) is 8.17. The van der Waals surface area contributed by atoms with Crippen molar-refractivity contribution in [3.05, 3.63) is 70.8 Å². The van der Waals surface area contributed by atoms with Gasteiger partial charge in [-0.3, -0.25) is 0 Å². The molecule has 1 nitrogen and oxygen atoms in total. The summed E-state index contributed by atoms with van der Waals surface area (Å²) in [6.45, 7) is 2.20. The molecule has 21 heavy (non-hydrogen) atoms. The third kappa shape index (κ3) is 3.03. The average molecular weight is 279 g/mol. The maximum Gasteiger partial charge on any atom is 0.0574 e. The van der Waals surface area contributed by atoms with Gasteiger partial charge >= 0.3 is 0 Å². The van der Waals surface area contributed by atoms with Gasteiger partial charge in [-0.15, -0.1) is 0 Å². The Morgan fingerprint density at radius 1 is 1.05 bits per heavy atom. The minimum atomic E-state index is 0.288. The molecule has 1 N–H and O–H groups in total. The first-order chi connectivity index (χ1) is 10.3. The molecule has 1 saturated carbocycles. The third-order valence-electron chi connectivity index (χ3n) is 4.83. The first-order valence-corrected chi connectivity index (χ1v) is 8.17. The van der Waals surface area contributed by atoms with E-state index < -0.39 is 0 Å². The lowest BCUT2D eigenvalue weighted by Crippen LogP contribution is -2.18. The predicted octanol–water partition coefficient (Wildman–Crippen LogP) is 4.83. The summed E-state index contributed by atoms with van der Waals surface area (Å²) in [6, 6.07) is 18.5. The van der Waals surface area contributed by atoms with Crippen LogP contribution in [-0.4, -0.2) is 7.05 Å². The van der Waals surface area contributed by atoms with Gasteiger partial charge in [0.05, 0.1) is 6.04 Å². The van der Waals surface area contributed by atoms with Gasteiger partial charge in [0, 0.05) is 0 Å². The molecule has 2 aromatic rings. The molecule has 0 aliphatic heterocycles. The highest BCUT2D eigenvalue weighted by Gasteiger charge is 2.20. The van der Waals surface area contributed by atoms with E-state index >= 15 is 0 Å². The van der Waals surface area contributed by atoms with E-state index in [2.05, 4.69) is 67.8 Å². The SMILES string of the molecule is CCc1ccc(C(NC)c2cccc(C3CCC3)c2)cc1. The maximum absolute atomic E-state index is 3.47. The number of hydrogen-bond acceptors (Lipinski definition) is 1. The van der Waals surface area contributed by atoms with Crippen molar-refractivity contribution >= 4 is 0 Å². The molecule has 0 spiro atoms. The fourth-order valence-electron chi connectivity index (χ4n) is 3.21. The molecule has 1 heteroatoms. The van der Waals surface area contributed by atoms with Gasteiger partial charge in [-0.1, -0.05) is 61.9 Å². The Morgan fingerprint density at radius 3 is 2.38 bits per heavy atom. The summed E-state index contributed by atoms with van der Waals surface area (Å²) in [5.41, 5.74) is 5.65. The molecule has 0 saturated heterocycles. The van der Waals surface area contributed by atoms with Gasteiger partial charge in [-0.05, 0) is 54.5 Å². The molecule has 0 heterocycles. The fourth-order valence-corrected chi connectivity index (χ4v) is 3.21. The van der Waals surface area contributed by atoms with Crippen molar-refractivity contribution in [1.82, 2.24) is 5.32 Å². The van der Waals surface area contributed by atoms with E-state index in [1.807, 2.05) is 0 Å². The lowest BCUT2D eigenvalue weighted by molar-refractivity contribution is 0.419. The Labute approximate surface area is 128 Å². The summed E-state index contributed by atoms with van der Waals surface area (Å²) >= 11 is 0. The summed E-state index contributed by atoms with van der Waals surface area (Å²) in [5.74, 6) is 0.796. The molecule has 2 aromatic carbocycles. The zero-order valence-corrected chi connectivity index (χ0v) is 13.1. The molecule has 1 atom stereocenters. The number of aryl methyl sites for hydroxylation is 1. The Morgan fingerprint density at radius 2 is 1.81 bits per heavy atom. The van der Waals surface area contributed by atoms with Gasteiger partial charge < -0.3 is 5.32 Å². The highest BCUT2D eigenvalue weighted by atomic mass is 14.9. The lowest BCUT2D eigenvalue weighted by Gasteiger charge is -2.27. The molecule has 0 radical (unpaired) electrons. The second-order valence-corrected chi connectivity index (χ2v) is 6.11. The number of benzene rings is 2. The van der Waals surface area contributed by atoms with Gasteiger partial charge in [0.25, 0.3) is 0 Å². The van der Waals surface area contributed by atoms with Crippen LogP contribution in [0.25, 0.3) is 0 Å². The molecule has 0 aromatic heterocycles.